The molecule has 3 rings (SSSR count). The van der Waals surface area contributed by atoms with Gasteiger partial charge in [-0.05, 0) is 30.9 Å². The fraction of sp³-hybridized carbons (Fsp3) is 0.412. The molecule has 0 bridgehead atoms. The summed E-state index contributed by atoms with van der Waals surface area (Å²) in [5.74, 6) is -0.861. The second kappa shape index (κ2) is 6.57. The average molecular weight is 332 g/mol. The summed E-state index contributed by atoms with van der Waals surface area (Å²) in [5.41, 5.74) is -0.132. The molecule has 1 aromatic heterocycles. The van der Waals surface area contributed by atoms with Gasteiger partial charge in [-0.2, -0.15) is 5.26 Å². The molecule has 1 N–H and O–H groups in total. The maximum absolute atomic E-state index is 14.1. The van der Waals surface area contributed by atoms with Crippen LogP contribution in [-0.2, 0) is 7.05 Å². The Bertz CT molecular complexity index is 752. The molecule has 0 spiro atoms. The van der Waals surface area contributed by atoms with Crippen LogP contribution in [0.5, 0.6) is 0 Å². The number of piperidine rings is 1. The van der Waals surface area contributed by atoms with Gasteiger partial charge in [-0.1, -0.05) is 0 Å². The molecule has 1 aromatic carbocycles. The van der Waals surface area contributed by atoms with E-state index in [2.05, 4.69) is 4.98 Å². The van der Waals surface area contributed by atoms with Gasteiger partial charge in [0.25, 0.3) is 0 Å². The number of aliphatic hydroxyl groups excluding tert-OH is 1. The van der Waals surface area contributed by atoms with Gasteiger partial charge in [-0.3, -0.25) is 0 Å². The van der Waals surface area contributed by atoms with Gasteiger partial charge in [0, 0.05) is 32.5 Å². The van der Waals surface area contributed by atoms with E-state index in [1.54, 1.807) is 27.9 Å². The van der Waals surface area contributed by atoms with Gasteiger partial charge in [0.2, 0.25) is 0 Å². The Kier molecular flexibility index (Phi) is 4.49. The van der Waals surface area contributed by atoms with E-state index in [-0.39, 0.29) is 17.2 Å². The Morgan fingerprint density at radius 2 is 1.92 bits per heavy atom. The minimum absolute atomic E-state index is 0.00754. The highest BCUT2D eigenvalue weighted by Crippen LogP contribution is 2.33. The molecular weight excluding hydrogens is 314 g/mol. The summed E-state index contributed by atoms with van der Waals surface area (Å²) < 4.78 is 30.0. The fourth-order valence-corrected chi connectivity index (χ4v) is 3.24. The van der Waals surface area contributed by atoms with E-state index in [0.717, 1.165) is 12.1 Å². The van der Waals surface area contributed by atoms with Crippen LogP contribution >= 0.6 is 0 Å². The van der Waals surface area contributed by atoms with Crippen LogP contribution in [0.3, 0.4) is 0 Å². The molecule has 1 saturated heterocycles. The van der Waals surface area contributed by atoms with E-state index in [1.807, 2.05) is 7.05 Å². The molecule has 0 amide bonds. The minimum atomic E-state index is -0.727. The molecule has 1 fully saturated rings. The predicted molar refractivity (Wildman–Crippen MR) is 84.2 cm³/mol. The lowest BCUT2D eigenvalue weighted by molar-refractivity contribution is 0.0823. The third-order valence-electron chi connectivity index (χ3n) is 4.57. The van der Waals surface area contributed by atoms with Crippen LogP contribution in [0.4, 0.5) is 14.5 Å². The Hall–Kier alpha value is -2.46. The SMILES string of the molecule is Cn1ccnc1C(O)C1CCN(c2c(F)cc(C#N)cc2F)CC1. The zero-order valence-electron chi connectivity index (χ0n) is 13.3. The maximum Gasteiger partial charge on any atom is 0.150 e. The second-order valence-electron chi connectivity index (χ2n) is 6.07. The van der Waals surface area contributed by atoms with Crippen molar-refractivity contribution in [2.75, 3.05) is 18.0 Å². The van der Waals surface area contributed by atoms with Crippen molar-refractivity contribution in [3.8, 4) is 6.07 Å². The van der Waals surface area contributed by atoms with Crippen molar-refractivity contribution in [3.05, 3.63) is 47.5 Å². The van der Waals surface area contributed by atoms with Crippen LogP contribution in [0.15, 0.2) is 24.5 Å². The topological polar surface area (TPSA) is 65.1 Å². The molecule has 126 valence electrons. The van der Waals surface area contributed by atoms with Crippen molar-refractivity contribution in [1.29, 1.82) is 5.26 Å². The summed E-state index contributed by atoms with van der Waals surface area (Å²) in [6.45, 7) is 0.873. The van der Waals surface area contributed by atoms with Crippen molar-refractivity contribution in [2.45, 2.75) is 18.9 Å². The number of benzene rings is 1. The van der Waals surface area contributed by atoms with Gasteiger partial charge < -0.3 is 14.6 Å². The van der Waals surface area contributed by atoms with Crippen LogP contribution in [0.2, 0.25) is 0 Å². The van der Waals surface area contributed by atoms with Crippen molar-refractivity contribution in [2.24, 2.45) is 13.0 Å². The number of halogens is 2. The highest BCUT2D eigenvalue weighted by molar-refractivity contribution is 5.52. The fourth-order valence-electron chi connectivity index (χ4n) is 3.24. The van der Waals surface area contributed by atoms with Gasteiger partial charge in [-0.25, -0.2) is 13.8 Å². The molecule has 24 heavy (non-hydrogen) atoms. The number of aliphatic hydroxyl groups is 1. The van der Waals surface area contributed by atoms with Crippen molar-refractivity contribution in [3.63, 3.8) is 0 Å². The largest absolute Gasteiger partial charge is 0.385 e. The zero-order valence-corrected chi connectivity index (χ0v) is 13.3. The number of hydrogen-bond donors (Lipinski definition) is 1. The van der Waals surface area contributed by atoms with Crippen molar-refractivity contribution < 1.29 is 13.9 Å². The third-order valence-corrected chi connectivity index (χ3v) is 4.57. The highest BCUT2D eigenvalue weighted by atomic mass is 19.1. The number of imidazole rings is 1. The van der Waals surface area contributed by atoms with Crippen LogP contribution in [0.1, 0.15) is 30.3 Å². The Balaban J connectivity index is 1.72. The van der Waals surface area contributed by atoms with Gasteiger partial charge in [0.15, 0.2) is 11.6 Å². The van der Waals surface area contributed by atoms with E-state index in [4.69, 9.17) is 5.26 Å². The number of nitriles is 1. The number of nitrogens with zero attached hydrogens (tertiary/aromatic N) is 4. The summed E-state index contributed by atoms with van der Waals surface area (Å²) in [6, 6.07) is 3.84. The molecule has 1 atom stereocenters. The number of aromatic nitrogens is 2. The lowest BCUT2D eigenvalue weighted by Gasteiger charge is -2.35. The first-order valence-electron chi connectivity index (χ1n) is 7.80. The van der Waals surface area contributed by atoms with Crippen molar-refractivity contribution >= 4 is 5.69 Å². The summed E-state index contributed by atoms with van der Waals surface area (Å²) in [6.07, 6.45) is 3.92. The smallest absolute Gasteiger partial charge is 0.150 e. The lowest BCUT2D eigenvalue weighted by atomic mass is 9.90. The third kappa shape index (κ3) is 2.97. The standard InChI is InChI=1S/C17H18F2N4O/c1-22-7-4-21-17(22)16(24)12-2-5-23(6-3-12)15-13(18)8-11(10-20)9-14(15)19/h4,7-9,12,16,24H,2-3,5-6H2,1H3. The van der Waals surface area contributed by atoms with Crippen LogP contribution in [-0.4, -0.2) is 27.7 Å². The van der Waals surface area contributed by atoms with Gasteiger partial charge in [0.1, 0.15) is 17.6 Å². The highest BCUT2D eigenvalue weighted by Gasteiger charge is 2.30. The van der Waals surface area contributed by atoms with Crippen LogP contribution < -0.4 is 4.90 Å². The lowest BCUT2D eigenvalue weighted by Crippen LogP contribution is -2.37. The van der Waals surface area contributed by atoms with Crippen LogP contribution in [0.25, 0.3) is 0 Å². The molecular formula is C17H18F2N4O. The van der Waals surface area contributed by atoms with E-state index >= 15 is 0 Å². The molecule has 0 radical (unpaired) electrons. The first kappa shape index (κ1) is 16.4. The zero-order chi connectivity index (χ0) is 17.3. The normalized spacial score (nSPS) is 16.9. The summed E-state index contributed by atoms with van der Waals surface area (Å²) in [7, 11) is 1.82. The summed E-state index contributed by atoms with van der Waals surface area (Å²) in [5, 5.41) is 19.2. The summed E-state index contributed by atoms with van der Waals surface area (Å²) >= 11 is 0. The number of aryl methyl sites for hydroxylation is 1. The van der Waals surface area contributed by atoms with Crippen molar-refractivity contribution in [1.82, 2.24) is 9.55 Å². The second-order valence-corrected chi connectivity index (χ2v) is 6.07. The number of hydrogen-bond acceptors (Lipinski definition) is 4. The first-order valence-corrected chi connectivity index (χ1v) is 7.80. The van der Waals surface area contributed by atoms with Crippen LogP contribution in [0, 0.1) is 28.9 Å². The van der Waals surface area contributed by atoms with E-state index in [0.29, 0.717) is 31.8 Å². The molecule has 1 unspecified atom stereocenters. The quantitative estimate of drug-likeness (QED) is 0.938. The van der Waals surface area contributed by atoms with E-state index in [9.17, 15) is 13.9 Å². The number of anilines is 1. The first-order chi connectivity index (χ1) is 11.5. The molecule has 1 aliphatic rings. The molecule has 2 aromatic rings. The predicted octanol–water partition coefficient (Wildman–Crippen LogP) is 2.52. The van der Waals surface area contributed by atoms with Gasteiger partial charge >= 0.3 is 0 Å². The monoisotopic (exact) mass is 332 g/mol. The molecule has 0 aliphatic carbocycles. The van der Waals surface area contributed by atoms with Gasteiger partial charge in [0.05, 0.1) is 11.6 Å². The molecule has 7 heteroatoms. The van der Waals surface area contributed by atoms with E-state index < -0.39 is 17.7 Å². The minimum Gasteiger partial charge on any atom is -0.385 e. The Morgan fingerprint density at radius 3 is 2.42 bits per heavy atom. The maximum atomic E-state index is 14.1. The Labute approximate surface area is 138 Å². The number of rotatable bonds is 3. The van der Waals surface area contributed by atoms with Gasteiger partial charge in [-0.15, -0.1) is 0 Å². The average Bonchev–Trinajstić information content (AvgIpc) is 3.00. The Morgan fingerprint density at radius 1 is 1.29 bits per heavy atom. The molecule has 5 nitrogen and oxygen atoms in total. The van der Waals surface area contributed by atoms with E-state index in [1.165, 1.54) is 0 Å². The molecule has 0 saturated carbocycles. The summed E-state index contributed by atoms with van der Waals surface area (Å²) in [4.78, 5) is 5.80. The molecule has 1 aliphatic heterocycles. The molecule has 2 heterocycles.